The first-order valence-electron chi connectivity index (χ1n) is 7.45. The Morgan fingerprint density at radius 1 is 1.25 bits per heavy atom. The Morgan fingerprint density at radius 3 is 2.79 bits per heavy atom. The summed E-state index contributed by atoms with van der Waals surface area (Å²) < 4.78 is 11.5. The Morgan fingerprint density at radius 2 is 2.04 bits per heavy atom. The second kappa shape index (κ2) is 7.93. The van der Waals surface area contributed by atoms with E-state index in [0.717, 1.165) is 15.6 Å². The van der Waals surface area contributed by atoms with Crippen LogP contribution in [0.2, 0.25) is 0 Å². The molecule has 9 heteroatoms. The number of carbonyl (C=O) groups excluding carboxylic acids is 1. The second-order valence-corrected chi connectivity index (χ2v) is 7.48. The molecule has 1 saturated heterocycles. The number of ether oxygens (including phenoxy) is 2. The monoisotopic (exact) mass is 366 g/mol. The summed E-state index contributed by atoms with van der Waals surface area (Å²) in [5.74, 6) is 0.656. The van der Waals surface area contributed by atoms with Gasteiger partial charge in [0, 0.05) is 5.69 Å². The molecule has 0 saturated carbocycles. The highest BCUT2D eigenvalue weighted by Gasteiger charge is 2.17. The van der Waals surface area contributed by atoms with Gasteiger partial charge in [-0.1, -0.05) is 29.2 Å². The lowest BCUT2D eigenvalue weighted by Crippen LogP contribution is -2.19. The lowest BCUT2D eigenvalue weighted by Gasteiger charge is -2.07. The van der Waals surface area contributed by atoms with Crippen molar-refractivity contribution in [2.45, 2.75) is 24.5 Å². The van der Waals surface area contributed by atoms with Gasteiger partial charge in [0.05, 0.1) is 19.0 Å². The average molecular weight is 366 g/mol. The number of urea groups is 1. The molecule has 1 aromatic carbocycles. The van der Waals surface area contributed by atoms with Gasteiger partial charge in [-0.05, 0) is 37.1 Å². The molecule has 2 amide bonds. The lowest BCUT2D eigenvalue weighted by molar-refractivity contribution is -0.0214. The predicted octanol–water partition coefficient (Wildman–Crippen LogP) is 3.26. The first-order chi connectivity index (χ1) is 11.6. The lowest BCUT2D eigenvalue weighted by atomic mass is 10.1. The molecule has 0 radical (unpaired) electrons. The third-order valence-corrected chi connectivity index (χ3v) is 5.43. The Balaban J connectivity index is 1.50. The van der Waals surface area contributed by atoms with Gasteiger partial charge in [-0.3, -0.25) is 5.32 Å². The summed E-state index contributed by atoms with van der Waals surface area (Å²) in [7, 11) is 0. The molecule has 3 rings (SSSR count). The molecule has 1 aromatic heterocycles. The van der Waals surface area contributed by atoms with Crippen molar-refractivity contribution in [2.24, 2.45) is 0 Å². The first kappa shape index (κ1) is 17.2. The van der Waals surface area contributed by atoms with Crippen LogP contribution >= 0.6 is 23.1 Å². The molecule has 7 nitrogen and oxygen atoms in total. The third kappa shape index (κ3) is 4.67. The van der Waals surface area contributed by atoms with Crippen LogP contribution in [0.1, 0.15) is 11.1 Å². The molecule has 2 N–H and O–H groups in total. The van der Waals surface area contributed by atoms with Crippen LogP contribution in [0.25, 0.3) is 0 Å². The Labute approximate surface area is 148 Å². The molecule has 0 unspecified atom stereocenters. The molecule has 24 heavy (non-hydrogen) atoms. The van der Waals surface area contributed by atoms with Gasteiger partial charge in [0.15, 0.2) is 10.6 Å². The number of anilines is 2. The molecule has 1 aliphatic rings. The third-order valence-electron chi connectivity index (χ3n) is 3.43. The molecule has 0 spiro atoms. The first-order valence-corrected chi connectivity index (χ1v) is 9.25. The molecular formula is C15H18N4O3S2. The SMILES string of the molecule is Cc1ccc(NC(=O)Nc2nnc(SCC3OCCO3)s2)cc1C. The average Bonchev–Trinajstić information content (AvgIpc) is 3.20. The van der Waals surface area contributed by atoms with Crippen LogP contribution in [0.4, 0.5) is 15.6 Å². The number of nitrogens with zero attached hydrogens (tertiary/aromatic N) is 2. The summed E-state index contributed by atoms with van der Waals surface area (Å²) in [6, 6.07) is 5.43. The molecular weight excluding hydrogens is 348 g/mol. The summed E-state index contributed by atoms with van der Waals surface area (Å²) in [4.78, 5) is 12.0. The number of thioether (sulfide) groups is 1. The zero-order valence-electron chi connectivity index (χ0n) is 13.4. The maximum Gasteiger partial charge on any atom is 0.325 e. The highest BCUT2D eigenvalue weighted by Crippen LogP contribution is 2.27. The van der Waals surface area contributed by atoms with Gasteiger partial charge in [0.2, 0.25) is 5.13 Å². The molecule has 0 bridgehead atoms. The topological polar surface area (TPSA) is 85.4 Å². The molecule has 1 aliphatic heterocycles. The highest BCUT2D eigenvalue weighted by molar-refractivity contribution is 8.01. The van der Waals surface area contributed by atoms with Crippen molar-refractivity contribution in [1.29, 1.82) is 0 Å². The number of amides is 2. The summed E-state index contributed by atoms with van der Waals surface area (Å²) in [6.45, 7) is 5.30. The fourth-order valence-electron chi connectivity index (χ4n) is 2.04. The minimum absolute atomic E-state index is 0.191. The zero-order chi connectivity index (χ0) is 16.9. The molecule has 1 fully saturated rings. The van der Waals surface area contributed by atoms with Crippen molar-refractivity contribution >= 4 is 39.9 Å². The number of aryl methyl sites for hydroxylation is 2. The smallest absolute Gasteiger partial charge is 0.325 e. The van der Waals surface area contributed by atoms with Gasteiger partial charge in [-0.25, -0.2) is 4.79 Å². The van der Waals surface area contributed by atoms with Crippen molar-refractivity contribution in [3.8, 4) is 0 Å². The van der Waals surface area contributed by atoms with E-state index >= 15 is 0 Å². The van der Waals surface area contributed by atoms with Gasteiger partial charge in [-0.15, -0.1) is 10.2 Å². The Hall–Kier alpha value is -1.68. The summed E-state index contributed by atoms with van der Waals surface area (Å²) >= 11 is 2.81. The maximum absolute atomic E-state index is 12.0. The maximum atomic E-state index is 12.0. The zero-order valence-corrected chi connectivity index (χ0v) is 15.0. The van der Waals surface area contributed by atoms with Crippen LogP contribution in [-0.2, 0) is 9.47 Å². The number of nitrogens with one attached hydrogen (secondary N) is 2. The van der Waals surface area contributed by atoms with Gasteiger partial charge < -0.3 is 14.8 Å². The second-order valence-electron chi connectivity index (χ2n) is 5.23. The normalized spacial score (nSPS) is 14.8. The van der Waals surface area contributed by atoms with Gasteiger partial charge in [0.1, 0.15) is 0 Å². The number of benzene rings is 1. The van der Waals surface area contributed by atoms with E-state index in [1.165, 1.54) is 28.7 Å². The molecule has 2 heterocycles. The van der Waals surface area contributed by atoms with E-state index in [-0.39, 0.29) is 12.3 Å². The van der Waals surface area contributed by atoms with Crippen LogP contribution in [0.15, 0.2) is 22.5 Å². The van der Waals surface area contributed by atoms with E-state index in [2.05, 4.69) is 20.8 Å². The standard InChI is InChI=1S/C15H18N4O3S2/c1-9-3-4-11(7-10(9)2)16-13(20)17-14-18-19-15(24-14)23-8-12-21-5-6-22-12/h3-4,7,12H,5-6,8H2,1-2H3,(H2,16,17,18,20). The minimum Gasteiger partial charge on any atom is -0.349 e. The van der Waals surface area contributed by atoms with Gasteiger partial charge in [0.25, 0.3) is 0 Å². The van der Waals surface area contributed by atoms with Crippen molar-refractivity contribution in [2.75, 3.05) is 29.6 Å². The summed E-state index contributed by atoms with van der Waals surface area (Å²) in [5, 5.41) is 13.9. The Bertz CT molecular complexity index is 716. The van der Waals surface area contributed by atoms with Crippen LogP contribution < -0.4 is 10.6 Å². The van der Waals surface area contributed by atoms with Crippen molar-refractivity contribution in [1.82, 2.24) is 10.2 Å². The number of hydrogen-bond donors (Lipinski definition) is 2. The van der Waals surface area contributed by atoms with Crippen molar-refractivity contribution in [3.05, 3.63) is 29.3 Å². The summed E-state index contributed by atoms with van der Waals surface area (Å²) in [6.07, 6.45) is -0.191. The number of hydrogen-bond acceptors (Lipinski definition) is 7. The van der Waals surface area contributed by atoms with Crippen LogP contribution in [0.3, 0.4) is 0 Å². The van der Waals surface area contributed by atoms with Crippen LogP contribution in [-0.4, -0.2) is 41.5 Å². The number of carbonyl (C=O) groups is 1. The number of rotatable bonds is 5. The van der Waals surface area contributed by atoms with Crippen molar-refractivity contribution in [3.63, 3.8) is 0 Å². The van der Waals surface area contributed by atoms with Crippen LogP contribution in [0, 0.1) is 13.8 Å². The van der Waals surface area contributed by atoms with Gasteiger partial charge >= 0.3 is 6.03 Å². The van der Waals surface area contributed by atoms with Gasteiger partial charge in [-0.2, -0.15) is 0 Å². The van der Waals surface area contributed by atoms with E-state index in [9.17, 15) is 4.79 Å². The predicted molar refractivity (Wildman–Crippen MR) is 94.9 cm³/mol. The van der Waals surface area contributed by atoms with E-state index in [1.54, 1.807) is 0 Å². The highest BCUT2D eigenvalue weighted by atomic mass is 32.2. The van der Waals surface area contributed by atoms with E-state index in [4.69, 9.17) is 9.47 Å². The summed E-state index contributed by atoms with van der Waals surface area (Å²) in [5.41, 5.74) is 3.05. The fourth-order valence-corrected chi connectivity index (χ4v) is 3.76. The quantitative estimate of drug-likeness (QED) is 0.624. The number of aromatic nitrogens is 2. The Kier molecular flexibility index (Phi) is 5.67. The molecule has 2 aromatic rings. The molecule has 0 atom stereocenters. The van der Waals surface area contributed by atoms with E-state index in [1.807, 2.05) is 32.0 Å². The van der Waals surface area contributed by atoms with Crippen LogP contribution in [0.5, 0.6) is 0 Å². The van der Waals surface area contributed by atoms with E-state index in [0.29, 0.717) is 24.1 Å². The largest absolute Gasteiger partial charge is 0.349 e. The fraction of sp³-hybridized carbons (Fsp3) is 0.400. The molecule has 0 aliphatic carbocycles. The minimum atomic E-state index is -0.339. The van der Waals surface area contributed by atoms with Crippen molar-refractivity contribution < 1.29 is 14.3 Å². The molecule has 128 valence electrons. The van der Waals surface area contributed by atoms with E-state index < -0.39 is 0 Å².